The van der Waals surface area contributed by atoms with Gasteiger partial charge in [-0.25, -0.2) is 23.5 Å². The van der Waals surface area contributed by atoms with Crippen LogP contribution in [0.1, 0.15) is 16.1 Å². The summed E-state index contributed by atoms with van der Waals surface area (Å²) in [6, 6.07) is 7.98. The Kier molecular flexibility index (Phi) is 4.28. The maximum absolute atomic E-state index is 12.1. The predicted molar refractivity (Wildman–Crippen MR) is 86.8 cm³/mol. The van der Waals surface area contributed by atoms with Crippen LogP contribution in [0.2, 0.25) is 0 Å². The smallest absolute Gasteiger partial charge is 0.271 e. The van der Waals surface area contributed by atoms with Crippen LogP contribution in [0.15, 0.2) is 53.8 Å². The molecule has 124 valence electrons. The number of nitrogens with one attached hydrogen (secondary N) is 1. The third-order valence-corrected chi connectivity index (χ3v) is 4.35. The van der Waals surface area contributed by atoms with Gasteiger partial charge < -0.3 is 5.32 Å². The summed E-state index contributed by atoms with van der Waals surface area (Å²) in [6.45, 7) is 0.398. The van der Waals surface area contributed by atoms with Crippen LogP contribution in [0.5, 0.6) is 0 Å². The highest BCUT2D eigenvalue weighted by Gasteiger charge is 2.11. The van der Waals surface area contributed by atoms with Gasteiger partial charge in [-0.2, -0.15) is 0 Å². The molecule has 0 bridgehead atoms. The lowest BCUT2D eigenvalue weighted by Gasteiger charge is -2.04. The van der Waals surface area contributed by atoms with Crippen molar-refractivity contribution in [2.45, 2.75) is 11.3 Å². The number of amides is 1. The molecule has 24 heavy (non-hydrogen) atoms. The number of hydrogen-bond donors (Lipinski definition) is 2. The largest absolute Gasteiger partial charge is 0.350 e. The first-order valence-electron chi connectivity index (χ1n) is 7.13. The number of hydrogen-bond acceptors (Lipinski definition) is 5. The number of benzene rings is 1. The summed E-state index contributed by atoms with van der Waals surface area (Å²) in [5, 5.41) is 7.81. The molecule has 3 rings (SSSR count). The lowest BCUT2D eigenvalue weighted by atomic mass is 10.1. The monoisotopic (exact) mass is 345 g/mol. The lowest BCUT2D eigenvalue weighted by Crippen LogP contribution is -2.26. The molecule has 0 fully saturated rings. The van der Waals surface area contributed by atoms with Crippen LogP contribution in [0.4, 0.5) is 0 Å². The second kappa shape index (κ2) is 6.38. The number of primary sulfonamides is 1. The van der Waals surface area contributed by atoms with E-state index in [0.29, 0.717) is 24.4 Å². The summed E-state index contributed by atoms with van der Waals surface area (Å²) in [5.41, 5.74) is 1.18. The van der Waals surface area contributed by atoms with Crippen LogP contribution in [-0.4, -0.2) is 35.2 Å². The highest BCUT2D eigenvalue weighted by atomic mass is 32.2. The van der Waals surface area contributed by atoms with E-state index in [9.17, 15) is 13.2 Å². The highest BCUT2D eigenvalue weighted by molar-refractivity contribution is 7.89. The summed E-state index contributed by atoms with van der Waals surface area (Å²) in [7, 11) is -3.69. The first kappa shape index (κ1) is 16.1. The molecule has 9 heteroatoms. The first-order valence-corrected chi connectivity index (χ1v) is 8.68. The fourth-order valence-corrected chi connectivity index (χ4v) is 2.71. The number of aromatic nitrogens is 3. The molecule has 1 amide bonds. The Morgan fingerprint density at radius 1 is 1.25 bits per heavy atom. The Hall–Kier alpha value is -2.78. The number of carbonyl (C=O) groups excluding carboxylic acids is 1. The van der Waals surface area contributed by atoms with Gasteiger partial charge in [0.25, 0.3) is 5.91 Å². The maximum Gasteiger partial charge on any atom is 0.271 e. The second-order valence-electron chi connectivity index (χ2n) is 5.15. The average molecular weight is 345 g/mol. The standard InChI is InChI=1S/C15H15N5O3S/c16-24(22,23)12-4-2-11(3-5-12)6-8-17-14(21)13-10-20-9-1-7-18-15(20)19-13/h1-5,7,9-10H,6,8H2,(H,17,21)(H2,16,22,23). The van der Waals surface area contributed by atoms with Gasteiger partial charge in [0.1, 0.15) is 5.69 Å². The fourth-order valence-electron chi connectivity index (χ4n) is 2.20. The van der Waals surface area contributed by atoms with Crippen molar-refractivity contribution in [3.63, 3.8) is 0 Å². The zero-order valence-electron chi connectivity index (χ0n) is 12.6. The molecule has 0 aliphatic heterocycles. The molecule has 0 aliphatic rings. The van der Waals surface area contributed by atoms with E-state index in [-0.39, 0.29) is 10.8 Å². The van der Waals surface area contributed by atoms with Crippen LogP contribution < -0.4 is 10.5 Å². The maximum atomic E-state index is 12.1. The molecule has 0 unspecified atom stereocenters. The predicted octanol–water partition coefficient (Wildman–Crippen LogP) is 0.349. The summed E-state index contributed by atoms with van der Waals surface area (Å²) < 4.78 is 24.0. The van der Waals surface area contributed by atoms with E-state index >= 15 is 0 Å². The molecule has 1 aromatic carbocycles. The summed E-state index contributed by atoms with van der Waals surface area (Å²) in [6.07, 6.45) is 5.54. The van der Waals surface area contributed by atoms with Gasteiger partial charge in [-0.1, -0.05) is 12.1 Å². The van der Waals surface area contributed by atoms with Gasteiger partial charge in [-0.3, -0.25) is 9.20 Å². The number of carbonyl (C=O) groups is 1. The molecule has 0 atom stereocenters. The van der Waals surface area contributed by atoms with E-state index in [0.717, 1.165) is 5.56 Å². The number of fused-ring (bicyclic) bond motifs is 1. The number of imidazole rings is 1. The highest BCUT2D eigenvalue weighted by Crippen LogP contribution is 2.09. The Bertz CT molecular complexity index is 947. The van der Waals surface area contributed by atoms with Gasteiger partial charge in [-0.05, 0) is 30.2 Å². The van der Waals surface area contributed by atoms with Crippen molar-refractivity contribution in [1.82, 2.24) is 19.7 Å². The minimum Gasteiger partial charge on any atom is -0.350 e. The van der Waals surface area contributed by atoms with Crippen LogP contribution >= 0.6 is 0 Å². The third-order valence-electron chi connectivity index (χ3n) is 3.42. The Morgan fingerprint density at radius 2 is 2.00 bits per heavy atom. The Balaban J connectivity index is 1.58. The molecular weight excluding hydrogens is 330 g/mol. The molecule has 3 N–H and O–H groups in total. The van der Waals surface area contributed by atoms with E-state index in [1.165, 1.54) is 12.1 Å². The van der Waals surface area contributed by atoms with Crippen molar-refractivity contribution >= 4 is 21.7 Å². The molecule has 0 spiro atoms. The Labute approximate surface area is 138 Å². The van der Waals surface area contributed by atoms with E-state index in [4.69, 9.17) is 5.14 Å². The molecule has 0 saturated heterocycles. The van der Waals surface area contributed by atoms with Gasteiger partial charge in [0.2, 0.25) is 15.8 Å². The molecule has 0 saturated carbocycles. The summed E-state index contributed by atoms with van der Waals surface area (Å²) in [5.74, 6) is 0.169. The van der Waals surface area contributed by atoms with Gasteiger partial charge in [0.05, 0.1) is 4.90 Å². The number of nitrogens with two attached hydrogens (primary N) is 1. The van der Waals surface area contributed by atoms with Crippen molar-refractivity contribution in [2.24, 2.45) is 5.14 Å². The zero-order valence-corrected chi connectivity index (χ0v) is 13.4. The van der Waals surface area contributed by atoms with Crippen LogP contribution in [0, 0.1) is 0 Å². The summed E-state index contributed by atoms with van der Waals surface area (Å²) >= 11 is 0. The van der Waals surface area contributed by atoms with Gasteiger partial charge in [0, 0.05) is 25.1 Å². The van der Waals surface area contributed by atoms with Crippen molar-refractivity contribution in [1.29, 1.82) is 0 Å². The minimum atomic E-state index is -3.69. The Morgan fingerprint density at radius 3 is 2.67 bits per heavy atom. The van der Waals surface area contributed by atoms with Crippen molar-refractivity contribution in [3.05, 3.63) is 60.2 Å². The molecule has 2 heterocycles. The van der Waals surface area contributed by atoms with E-state index in [1.807, 2.05) is 0 Å². The van der Waals surface area contributed by atoms with Gasteiger partial charge >= 0.3 is 0 Å². The minimum absolute atomic E-state index is 0.0625. The number of sulfonamides is 1. The van der Waals surface area contributed by atoms with Crippen LogP contribution in [0.3, 0.4) is 0 Å². The SMILES string of the molecule is NS(=O)(=O)c1ccc(CCNC(=O)c2cn3cccnc3n2)cc1. The molecule has 0 radical (unpaired) electrons. The third kappa shape index (κ3) is 3.58. The fraction of sp³-hybridized carbons (Fsp3) is 0.133. The number of rotatable bonds is 5. The second-order valence-corrected chi connectivity index (χ2v) is 6.71. The molecule has 2 aromatic heterocycles. The normalized spacial score (nSPS) is 11.5. The average Bonchev–Trinajstić information content (AvgIpc) is 2.98. The van der Waals surface area contributed by atoms with Crippen LogP contribution in [0.25, 0.3) is 5.78 Å². The first-order chi connectivity index (χ1) is 11.4. The van der Waals surface area contributed by atoms with E-state index < -0.39 is 10.0 Å². The molecule has 3 aromatic rings. The van der Waals surface area contributed by atoms with Crippen molar-refractivity contribution in [3.8, 4) is 0 Å². The van der Waals surface area contributed by atoms with E-state index in [1.54, 1.807) is 41.2 Å². The van der Waals surface area contributed by atoms with E-state index in [2.05, 4.69) is 15.3 Å². The number of nitrogens with zero attached hydrogens (tertiary/aromatic N) is 3. The van der Waals surface area contributed by atoms with Gasteiger partial charge in [0.15, 0.2) is 0 Å². The quantitative estimate of drug-likeness (QED) is 0.691. The van der Waals surface area contributed by atoms with Gasteiger partial charge in [-0.15, -0.1) is 0 Å². The molecule has 0 aliphatic carbocycles. The van der Waals surface area contributed by atoms with Crippen molar-refractivity contribution < 1.29 is 13.2 Å². The zero-order chi connectivity index (χ0) is 17.2. The summed E-state index contributed by atoms with van der Waals surface area (Å²) in [4.78, 5) is 20.3. The molecular formula is C15H15N5O3S. The topological polar surface area (TPSA) is 119 Å². The van der Waals surface area contributed by atoms with Crippen LogP contribution in [-0.2, 0) is 16.4 Å². The molecule has 8 nitrogen and oxygen atoms in total. The lowest BCUT2D eigenvalue weighted by molar-refractivity contribution is 0.0949. The van der Waals surface area contributed by atoms with Crippen molar-refractivity contribution in [2.75, 3.05) is 6.54 Å².